The lowest BCUT2D eigenvalue weighted by atomic mass is 10.1. The molecule has 1 aromatic carbocycles. The molecule has 1 aromatic heterocycles. The highest BCUT2D eigenvalue weighted by atomic mass is 35.5. The van der Waals surface area contributed by atoms with Gasteiger partial charge in [-0.3, -0.25) is 0 Å². The van der Waals surface area contributed by atoms with E-state index >= 15 is 0 Å². The lowest BCUT2D eigenvalue weighted by Crippen LogP contribution is -2.06. The Morgan fingerprint density at radius 2 is 1.78 bits per heavy atom. The fourth-order valence-electron chi connectivity index (χ4n) is 1.66. The van der Waals surface area contributed by atoms with Gasteiger partial charge in [-0.25, -0.2) is 4.98 Å². The molecule has 0 atom stereocenters. The molecule has 18 heavy (non-hydrogen) atoms. The van der Waals surface area contributed by atoms with Crippen molar-refractivity contribution in [1.82, 2.24) is 4.98 Å². The van der Waals surface area contributed by atoms with E-state index in [-0.39, 0.29) is 0 Å². The van der Waals surface area contributed by atoms with Gasteiger partial charge >= 0.3 is 0 Å². The maximum absolute atomic E-state index is 5.84. The number of hydrogen-bond acceptors (Lipinski definition) is 3. The van der Waals surface area contributed by atoms with Gasteiger partial charge in [0.25, 0.3) is 0 Å². The largest absolute Gasteiger partial charge is 0.373 e. The third-order valence-electron chi connectivity index (χ3n) is 2.64. The number of aromatic nitrogens is 1. The van der Waals surface area contributed by atoms with Crippen LogP contribution in [0.1, 0.15) is 5.56 Å². The molecule has 0 amide bonds. The maximum Gasteiger partial charge on any atom is 0.128 e. The number of hydrogen-bond donors (Lipinski definition) is 2. The first kappa shape index (κ1) is 12.7. The van der Waals surface area contributed by atoms with Gasteiger partial charge in [0.15, 0.2) is 0 Å². The van der Waals surface area contributed by atoms with Crippen LogP contribution in [0.4, 0.5) is 11.6 Å². The smallest absolute Gasteiger partial charge is 0.128 e. The summed E-state index contributed by atoms with van der Waals surface area (Å²) in [7, 11) is 1.86. The molecular formula is C14H16ClN3. The third-order valence-corrected chi connectivity index (χ3v) is 2.89. The molecule has 94 valence electrons. The van der Waals surface area contributed by atoms with Gasteiger partial charge in [0.1, 0.15) is 11.6 Å². The second-order valence-electron chi connectivity index (χ2n) is 3.96. The van der Waals surface area contributed by atoms with Crippen molar-refractivity contribution in [2.24, 2.45) is 0 Å². The lowest BCUT2D eigenvalue weighted by Gasteiger charge is -2.07. The Kier molecular flexibility index (Phi) is 4.42. The fraction of sp³-hybridized carbons (Fsp3) is 0.214. The van der Waals surface area contributed by atoms with Crippen molar-refractivity contribution in [3.63, 3.8) is 0 Å². The highest BCUT2D eigenvalue weighted by Crippen LogP contribution is 2.11. The molecule has 2 N–H and O–H groups in total. The van der Waals surface area contributed by atoms with E-state index in [2.05, 4.69) is 15.6 Å². The van der Waals surface area contributed by atoms with Crippen LogP contribution in [0.15, 0.2) is 42.5 Å². The van der Waals surface area contributed by atoms with Crippen LogP contribution >= 0.6 is 11.6 Å². The lowest BCUT2D eigenvalue weighted by molar-refractivity contribution is 1.01. The summed E-state index contributed by atoms with van der Waals surface area (Å²) in [6, 6.07) is 13.8. The number of halogens is 1. The van der Waals surface area contributed by atoms with Crippen LogP contribution < -0.4 is 10.6 Å². The molecule has 0 saturated carbocycles. The first-order valence-corrected chi connectivity index (χ1v) is 6.29. The Bertz CT molecular complexity index is 497. The van der Waals surface area contributed by atoms with E-state index < -0.39 is 0 Å². The predicted molar refractivity (Wildman–Crippen MR) is 77.4 cm³/mol. The number of nitrogens with one attached hydrogen (secondary N) is 2. The van der Waals surface area contributed by atoms with Crippen molar-refractivity contribution in [2.75, 3.05) is 24.2 Å². The minimum Gasteiger partial charge on any atom is -0.373 e. The normalized spacial score (nSPS) is 10.1. The predicted octanol–water partition coefficient (Wildman–Crippen LogP) is 3.43. The molecule has 0 aliphatic heterocycles. The first-order chi connectivity index (χ1) is 8.78. The highest BCUT2D eigenvalue weighted by molar-refractivity contribution is 6.30. The number of anilines is 2. The van der Waals surface area contributed by atoms with Crippen LogP contribution in [-0.2, 0) is 6.42 Å². The van der Waals surface area contributed by atoms with Crippen molar-refractivity contribution >= 4 is 23.2 Å². The van der Waals surface area contributed by atoms with Crippen LogP contribution in [0, 0.1) is 0 Å². The fourth-order valence-corrected chi connectivity index (χ4v) is 1.78. The Balaban J connectivity index is 1.86. The van der Waals surface area contributed by atoms with Gasteiger partial charge < -0.3 is 10.6 Å². The van der Waals surface area contributed by atoms with Crippen LogP contribution in [-0.4, -0.2) is 18.6 Å². The quantitative estimate of drug-likeness (QED) is 0.866. The Hall–Kier alpha value is -1.74. The van der Waals surface area contributed by atoms with E-state index in [0.717, 1.165) is 29.6 Å². The molecule has 0 fully saturated rings. The molecule has 3 nitrogen and oxygen atoms in total. The van der Waals surface area contributed by atoms with Gasteiger partial charge in [-0.15, -0.1) is 0 Å². The zero-order valence-electron chi connectivity index (χ0n) is 10.3. The first-order valence-electron chi connectivity index (χ1n) is 5.91. The molecule has 0 spiro atoms. The Morgan fingerprint density at radius 1 is 1.06 bits per heavy atom. The van der Waals surface area contributed by atoms with Crippen LogP contribution in [0.2, 0.25) is 5.02 Å². The van der Waals surface area contributed by atoms with Crippen molar-refractivity contribution in [2.45, 2.75) is 6.42 Å². The van der Waals surface area contributed by atoms with E-state index in [1.807, 2.05) is 49.5 Å². The number of nitrogens with zero attached hydrogens (tertiary/aromatic N) is 1. The van der Waals surface area contributed by atoms with E-state index in [1.54, 1.807) is 0 Å². The second-order valence-corrected chi connectivity index (χ2v) is 4.40. The monoisotopic (exact) mass is 261 g/mol. The second kappa shape index (κ2) is 6.26. The Labute approximate surface area is 112 Å². The van der Waals surface area contributed by atoms with E-state index in [4.69, 9.17) is 11.6 Å². The molecule has 1 heterocycles. The zero-order valence-corrected chi connectivity index (χ0v) is 11.0. The molecule has 2 rings (SSSR count). The average Bonchev–Trinajstić information content (AvgIpc) is 2.41. The molecule has 0 bridgehead atoms. The molecule has 2 aromatic rings. The summed E-state index contributed by atoms with van der Waals surface area (Å²) >= 11 is 5.84. The summed E-state index contributed by atoms with van der Waals surface area (Å²) in [5, 5.41) is 7.09. The van der Waals surface area contributed by atoms with Crippen molar-refractivity contribution in [3.05, 3.63) is 53.1 Å². The van der Waals surface area contributed by atoms with Crippen molar-refractivity contribution in [3.8, 4) is 0 Å². The van der Waals surface area contributed by atoms with Crippen LogP contribution in [0.5, 0.6) is 0 Å². The van der Waals surface area contributed by atoms with Gasteiger partial charge in [-0.2, -0.15) is 0 Å². The molecule has 0 aliphatic carbocycles. The minimum absolute atomic E-state index is 0.773. The highest BCUT2D eigenvalue weighted by Gasteiger charge is 1.96. The van der Waals surface area contributed by atoms with Gasteiger partial charge in [0.2, 0.25) is 0 Å². The molecule has 0 saturated heterocycles. The summed E-state index contributed by atoms with van der Waals surface area (Å²) in [5.41, 5.74) is 1.26. The summed E-state index contributed by atoms with van der Waals surface area (Å²) < 4.78 is 0. The van der Waals surface area contributed by atoms with Crippen molar-refractivity contribution < 1.29 is 0 Å². The molecule has 4 heteroatoms. The van der Waals surface area contributed by atoms with Gasteiger partial charge in [-0.05, 0) is 36.2 Å². The van der Waals surface area contributed by atoms with Gasteiger partial charge in [-0.1, -0.05) is 29.8 Å². The summed E-state index contributed by atoms with van der Waals surface area (Å²) in [5.74, 6) is 1.75. The molecule has 0 aliphatic rings. The summed E-state index contributed by atoms with van der Waals surface area (Å²) in [6.07, 6.45) is 0.947. The average molecular weight is 262 g/mol. The van der Waals surface area contributed by atoms with Crippen molar-refractivity contribution in [1.29, 1.82) is 0 Å². The van der Waals surface area contributed by atoms with Crippen LogP contribution in [0.25, 0.3) is 0 Å². The van der Waals surface area contributed by atoms with Crippen LogP contribution in [0.3, 0.4) is 0 Å². The topological polar surface area (TPSA) is 37.0 Å². The molecule has 0 radical (unpaired) electrons. The zero-order chi connectivity index (χ0) is 12.8. The SMILES string of the molecule is CNc1cccc(NCCc2ccc(Cl)cc2)n1. The van der Waals surface area contributed by atoms with Gasteiger partial charge in [0, 0.05) is 18.6 Å². The summed E-state index contributed by atoms with van der Waals surface area (Å²) in [4.78, 5) is 4.39. The third kappa shape index (κ3) is 3.64. The number of rotatable bonds is 5. The van der Waals surface area contributed by atoms with E-state index in [0.29, 0.717) is 0 Å². The molecular weight excluding hydrogens is 246 g/mol. The Morgan fingerprint density at radius 3 is 2.50 bits per heavy atom. The van der Waals surface area contributed by atoms with E-state index in [9.17, 15) is 0 Å². The standard InChI is InChI=1S/C14H16ClN3/c1-16-13-3-2-4-14(18-13)17-10-9-11-5-7-12(15)8-6-11/h2-8H,9-10H2,1H3,(H2,16,17,18). The number of benzene rings is 1. The minimum atomic E-state index is 0.773. The van der Waals surface area contributed by atoms with E-state index in [1.165, 1.54) is 5.56 Å². The molecule has 0 unspecified atom stereocenters. The van der Waals surface area contributed by atoms with Gasteiger partial charge in [0.05, 0.1) is 0 Å². The maximum atomic E-state index is 5.84. The number of pyridine rings is 1. The summed E-state index contributed by atoms with van der Waals surface area (Å²) in [6.45, 7) is 0.849.